The number of rotatable bonds is 10. The van der Waals surface area contributed by atoms with E-state index in [1.807, 2.05) is 41.3 Å². The molecule has 0 bridgehead atoms. The quantitative estimate of drug-likeness (QED) is 0.497. The molecule has 2 aromatic carbocycles. The first-order valence-electron chi connectivity index (χ1n) is 12.6. The summed E-state index contributed by atoms with van der Waals surface area (Å²) in [5.74, 6) is 1.04. The first kappa shape index (κ1) is 26.2. The molecule has 2 fully saturated rings. The van der Waals surface area contributed by atoms with Crippen molar-refractivity contribution < 1.29 is 14.3 Å². The van der Waals surface area contributed by atoms with E-state index in [1.54, 1.807) is 12.2 Å². The van der Waals surface area contributed by atoms with Crippen LogP contribution in [0.3, 0.4) is 0 Å². The summed E-state index contributed by atoms with van der Waals surface area (Å²) in [5, 5.41) is 3.67. The summed E-state index contributed by atoms with van der Waals surface area (Å²) in [7, 11) is 2.08. The molecule has 4 rings (SSSR count). The van der Waals surface area contributed by atoms with E-state index in [4.69, 9.17) is 16.3 Å². The molecule has 36 heavy (non-hydrogen) atoms. The Hall–Kier alpha value is -2.87. The molecule has 2 aromatic rings. The van der Waals surface area contributed by atoms with Crippen LogP contribution in [-0.4, -0.2) is 85.5 Å². The molecule has 1 atom stereocenters. The van der Waals surface area contributed by atoms with Crippen molar-refractivity contribution in [2.45, 2.75) is 25.4 Å². The molecule has 2 aliphatic rings. The van der Waals surface area contributed by atoms with E-state index < -0.39 is 0 Å². The lowest BCUT2D eigenvalue weighted by Crippen LogP contribution is -2.49. The van der Waals surface area contributed by atoms with E-state index >= 15 is 0 Å². The molecule has 7 nitrogen and oxygen atoms in total. The lowest BCUT2D eigenvalue weighted by atomic mass is 10.1. The minimum atomic E-state index is 0.0166. The van der Waals surface area contributed by atoms with E-state index in [-0.39, 0.29) is 17.9 Å². The van der Waals surface area contributed by atoms with Crippen LogP contribution in [0.1, 0.15) is 24.0 Å². The molecule has 0 saturated carbocycles. The number of benzene rings is 2. The Morgan fingerprint density at radius 3 is 2.72 bits per heavy atom. The van der Waals surface area contributed by atoms with Crippen molar-refractivity contribution in [2.75, 3.05) is 52.9 Å². The molecule has 0 unspecified atom stereocenters. The van der Waals surface area contributed by atoms with Gasteiger partial charge in [0.1, 0.15) is 12.4 Å². The number of halogens is 1. The third-order valence-corrected chi connectivity index (χ3v) is 6.98. The molecule has 2 saturated heterocycles. The van der Waals surface area contributed by atoms with Crippen LogP contribution >= 0.6 is 11.6 Å². The van der Waals surface area contributed by atoms with Crippen LogP contribution in [0.15, 0.2) is 54.6 Å². The van der Waals surface area contributed by atoms with Gasteiger partial charge < -0.3 is 19.9 Å². The van der Waals surface area contributed by atoms with Crippen molar-refractivity contribution in [3.63, 3.8) is 0 Å². The monoisotopic (exact) mass is 510 g/mol. The normalized spacial score (nSPS) is 18.7. The topological polar surface area (TPSA) is 65.1 Å². The summed E-state index contributed by atoms with van der Waals surface area (Å²) in [4.78, 5) is 30.4. The van der Waals surface area contributed by atoms with Crippen LogP contribution in [0.25, 0.3) is 6.08 Å². The van der Waals surface area contributed by atoms with Crippen molar-refractivity contribution >= 4 is 29.5 Å². The van der Waals surface area contributed by atoms with Crippen LogP contribution in [-0.2, 0) is 16.1 Å². The summed E-state index contributed by atoms with van der Waals surface area (Å²) >= 11 is 6.16. The van der Waals surface area contributed by atoms with Crippen LogP contribution in [0.2, 0.25) is 5.02 Å². The van der Waals surface area contributed by atoms with Crippen LogP contribution in [0.5, 0.6) is 5.75 Å². The average molecular weight is 511 g/mol. The van der Waals surface area contributed by atoms with E-state index in [0.29, 0.717) is 31.1 Å². The molecule has 2 heterocycles. The molecule has 1 N–H and O–H groups in total. The lowest BCUT2D eigenvalue weighted by Gasteiger charge is -2.34. The first-order valence-corrected chi connectivity index (χ1v) is 13.0. The summed E-state index contributed by atoms with van der Waals surface area (Å²) in [6.07, 6.45) is 4.93. The van der Waals surface area contributed by atoms with E-state index in [2.05, 4.69) is 34.3 Å². The molecule has 2 amide bonds. The van der Waals surface area contributed by atoms with Gasteiger partial charge in [-0.1, -0.05) is 41.9 Å². The third kappa shape index (κ3) is 7.82. The van der Waals surface area contributed by atoms with Gasteiger partial charge in [0.05, 0.1) is 0 Å². The van der Waals surface area contributed by atoms with E-state index in [9.17, 15) is 9.59 Å². The van der Waals surface area contributed by atoms with Gasteiger partial charge in [-0.25, -0.2) is 0 Å². The number of hydrogen-bond acceptors (Lipinski definition) is 5. The maximum absolute atomic E-state index is 12.5. The Bertz CT molecular complexity index is 1070. The van der Waals surface area contributed by atoms with E-state index in [0.717, 1.165) is 50.5 Å². The Balaban J connectivity index is 1.15. The average Bonchev–Trinajstić information content (AvgIpc) is 3.28. The fraction of sp³-hybridized carbons (Fsp3) is 0.429. The highest BCUT2D eigenvalue weighted by atomic mass is 35.5. The van der Waals surface area contributed by atoms with Crippen molar-refractivity contribution in [1.82, 2.24) is 20.0 Å². The molecular weight excluding hydrogens is 476 g/mol. The Morgan fingerprint density at radius 1 is 1.17 bits per heavy atom. The van der Waals surface area contributed by atoms with E-state index in [1.165, 1.54) is 5.56 Å². The SMILES string of the molecule is CN(Cc1cccc(OCCN2CCN(C(=O)/C=C/c3ccccc3Cl)CC2)c1)C[C@@H]1CCC(=O)N1. The third-order valence-electron chi connectivity index (χ3n) is 6.64. The summed E-state index contributed by atoms with van der Waals surface area (Å²) in [6.45, 7) is 6.15. The van der Waals surface area contributed by atoms with Gasteiger partial charge in [-0.15, -0.1) is 0 Å². The Morgan fingerprint density at radius 2 is 1.97 bits per heavy atom. The largest absolute Gasteiger partial charge is 0.492 e. The second-order valence-electron chi connectivity index (χ2n) is 9.52. The van der Waals surface area contributed by atoms with Crippen molar-refractivity contribution in [3.8, 4) is 5.75 Å². The summed E-state index contributed by atoms with van der Waals surface area (Å²) in [6, 6.07) is 16.0. The molecule has 2 aliphatic heterocycles. The highest BCUT2D eigenvalue weighted by Crippen LogP contribution is 2.18. The van der Waals surface area contributed by atoms with Gasteiger partial charge in [-0.3, -0.25) is 14.5 Å². The zero-order chi connectivity index (χ0) is 25.3. The zero-order valence-electron chi connectivity index (χ0n) is 20.9. The lowest BCUT2D eigenvalue weighted by molar-refractivity contribution is -0.127. The maximum Gasteiger partial charge on any atom is 0.246 e. The minimum absolute atomic E-state index is 0.0166. The van der Waals surface area contributed by atoms with Crippen molar-refractivity contribution in [2.24, 2.45) is 0 Å². The number of ether oxygens (including phenoxy) is 1. The van der Waals surface area contributed by atoms with Gasteiger partial charge in [-0.2, -0.15) is 0 Å². The minimum Gasteiger partial charge on any atom is -0.492 e. The fourth-order valence-electron chi connectivity index (χ4n) is 4.66. The van der Waals surface area contributed by atoms with Gasteiger partial charge in [0.2, 0.25) is 11.8 Å². The van der Waals surface area contributed by atoms with Gasteiger partial charge in [-0.05, 0) is 48.9 Å². The Labute approximate surface area is 218 Å². The molecule has 192 valence electrons. The number of carbonyl (C=O) groups excluding carboxylic acids is 2. The zero-order valence-corrected chi connectivity index (χ0v) is 21.6. The number of hydrogen-bond donors (Lipinski definition) is 1. The first-order chi connectivity index (χ1) is 17.5. The van der Waals surface area contributed by atoms with Gasteiger partial charge in [0.25, 0.3) is 0 Å². The van der Waals surface area contributed by atoms with Crippen LogP contribution in [0.4, 0.5) is 0 Å². The molecule has 0 spiro atoms. The molecule has 0 aromatic heterocycles. The predicted molar refractivity (Wildman–Crippen MR) is 143 cm³/mol. The second kappa shape index (κ2) is 12.9. The standard InChI is InChI=1S/C28H35ClN4O3/c1-31(21-24-10-11-27(34)30-24)20-22-5-4-7-25(19-22)36-18-17-32-13-15-33(16-14-32)28(35)12-9-23-6-2-3-8-26(23)29/h2-9,12,19,24H,10-11,13-18,20-21H2,1H3,(H,30,34)/b12-9+/t24-/m0/s1. The van der Waals surface area contributed by atoms with Crippen molar-refractivity contribution in [1.29, 1.82) is 0 Å². The number of nitrogens with zero attached hydrogens (tertiary/aromatic N) is 3. The number of likely N-dealkylation sites (N-methyl/N-ethyl adjacent to an activating group) is 1. The summed E-state index contributed by atoms with van der Waals surface area (Å²) in [5.41, 5.74) is 2.04. The van der Waals surface area contributed by atoms with Crippen molar-refractivity contribution in [3.05, 3.63) is 70.8 Å². The van der Waals surface area contributed by atoms with Crippen LogP contribution in [0, 0.1) is 0 Å². The highest BCUT2D eigenvalue weighted by Gasteiger charge is 2.22. The van der Waals surface area contributed by atoms with Crippen LogP contribution < -0.4 is 10.1 Å². The Kier molecular flexibility index (Phi) is 9.39. The number of carbonyl (C=O) groups is 2. The smallest absolute Gasteiger partial charge is 0.246 e. The summed E-state index contributed by atoms with van der Waals surface area (Å²) < 4.78 is 6.03. The van der Waals surface area contributed by atoms with Gasteiger partial charge in [0.15, 0.2) is 0 Å². The molecular formula is C28H35ClN4O3. The van der Waals surface area contributed by atoms with Gasteiger partial charge in [0, 0.05) is 69.4 Å². The number of piperazine rings is 1. The maximum atomic E-state index is 12.5. The predicted octanol–water partition coefficient (Wildman–Crippen LogP) is 3.29. The number of nitrogens with one attached hydrogen (secondary N) is 1. The molecule has 8 heteroatoms. The fourth-order valence-corrected chi connectivity index (χ4v) is 4.86. The number of amides is 2. The molecule has 0 radical (unpaired) electrons. The van der Waals surface area contributed by atoms with Gasteiger partial charge >= 0.3 is 0 Å². The highest BCUT2D eigenvalue weighted by molar-refractivity contribution is 6.32. The second-order valence-corrected chi connectivity index (χ2v) is 9.92. The molecule has 0 aliphatic carbocycles.